The number of halogens is 1. The second-order valence-corrected chi connectivity index (χ2v) is 5.39. The van der Waals surface area contributed by atoms with E-state index >= 15 is 0 Å². The van der Waals surface area contributed by atoms with Crippen LogP contribution in [0.25, 0.3) is 11.1 Å². The molecule has 0 unspecified atom stereocenters. The molecule has 0 atom stereocenters. The van der Waals surface area contributed by atoms with Gasteiger partial charge in [-0.25, -0.2) is 9.97 Å². The van der Waals surface area contributed by atoms with E-state index in [0.29, 0.717) is 10.9 Å². The summed E-state index contributed by atoms with van der Waals surface area (Å²) in [6.07, 6.45) is 1.73. The molecule has 0 spiro atoms. The van der Waals surface area contributed by atoms with Crippen LogP contribution in [0, 0.1) is 0 Å². The largest absolute Gasteiger partial charge is 0.431 e. The van der Waals surface area contributed by atoms with Gasteiger partial charge in [-0.2, -0.15) is 0 Å². The number of benzene rings is 1. The molecule has 90 valence electrons. The molecule has 2 N–H and O–H groups in total. The smallest absolute Gasteiger partial charge is 0.263 e. The molecular formula is C12H8BrN3OS. The van der Waals surface area contributed by atoms with Crippen LogP contribution in [-0.2, 0) is 0 Å². The third-order valence-electron chi connectivity index (χ3n) is 2.30. The van der Waals surface area contributed by atoms with Crippen LogP contribution < -0.4 is 5.73 Å². The highest BCUT2D eigenvalue weighted by Crippen LogP contribution is 2.33. The maximum atomic E-state index is 5.70. The number of nitrogens with two attached hydrogens (primary N) is 1. The molecular weight excluding hydrogens is 314 g/mol. The Morgan fingerprint density at radius 2 is 2.17 bits per heavy atom. The number of fused-ring (bicyclic) bond motifs is 1. The van der Waals surface area contributed by atoms with Crippen molar-refractivity contribution in [2.45, 2.75) is 10.2 Å². The number of rotatable bonds is 2. The number of aromatic nitrogens is 2. The molecule has 0 saturated heterocycles. The molecule has 0 aliphatic rings. The van der Waals surface area contributed by atoms with Crippen molar-refractivity contribution >= 4 is 44.5 Å². The van der Waals surface area contributed by atoms with Gasteiger partial charge in [0.25, 0.3) is 5.22 Å². The van der Waals surface area contributed by atoms with Gasteiger partial charge in [-0.3, -0.25) is 0 Å². The summed E-state index contributed by atoms with van der Waals surface area (Å²) in [5, 5.41) is 1.37. The highest BCUT2D eigenvalue weighted by Gasteiger charge is 2.10. The summed E-state index contributed by atoms with van der Waals surface area (Å²) in [4.78, 5) is 8.62. The van der Waals surface area contributed by atoms with Gasteiger partial charge >= 0.3 is 0 Å². The van der Waals surface area contributed by atoms with Crippen molar-refractivity contribution in [2.24, 2.45) is 0 Å². The van der Waals surface area contributed by atoms with Crippen LogP contribution in [0.5, 0.6) is 0 Å². The maximum Gasteiger partial charge on any atom is 0.263 e. The van der Waals surface area contributed by atoms with Crippen molar-refractivity contribution < 1.29 is 4.42 Å². The minimum absolute atomic E-state index is 0.551. The third-order valence-corrected chi connectivity index (χ3v) is 4.07. The summed E-state index contributed by atoms with van der Waals surface area (Å²) in [6.45, 7) is 0. The van der Waals surface area contributed by atoms with Crippen LogP contribution in [0.3, 0.4) is 0 Å². The average Bonchev–Trinajstić information content (AvgIpc) is 2.73. The third kappa shape index (κ3) is 2.21. The number of oxazole rings is 1. The van der Waals surface area contributed by atoms with E-state index in [0.717, 1.165) is 20.6 Å². The monoisotopic (exact) mass is 321 g/mol. The van der Waals surface area contributed by atoms with E-state index in [2.05, 4.69) is 25.9 Å². The lowest BCUT2D eigenvalue weighted by atomic mass is 10.3. The van der Waals surface area contributed by atoms with Gasteiger partial charge < -0.3 is 10.2 Å². The van der Waals surface area contributed by atoms with Crippen molar-refractivity contribution in [3.63, 3.8) is 0 Å². The number of nitrogen functional groups attached to an aromatic ring is 1. The lowest BCUT2D eigenvalue weighted by Crippen LogP contribution is -1.82. The van der Waals surface area contributed by atoms with E-state index in [1.165, 1.54) is 11.8 Å². The molecule has 6 heteroatoms. The summed E-state index contributed by atoms with van der Waals surface area (Å²) in [7, 11) is 0. The zero-order valence-electron chi connectivity index (χ0n) is 9.13. The zero-order valence-corrected chi connectivity index (χ0v) is 11.5. The number of hydrogen-bond acceptors (Lipinski definition) is 5. The molecule has 3 rings (SSSR count). The first-order valence-corrected chi connectivity index (χ1v) is 6.78. The van der Waals surface area contributed by atoms with Crippen LogP contribution in [-0.4, -0.2) is 9.97 Å². The Hall–Kier alpha value is -1.53. The molecule has 2 heterocycles. The van der Waals surface area contributed by atoms with Gasteiger partial charge in [-0.1, -0.05) is 0 Å². The molecule has 0 aliphatic heterocycles. The maximum absolute atomic E-state index is 5.70. The van der Waals surface area contributed by atoms with Crippen molar-refractivity contribution in [1.82, 2.24) is 9.97 Å². The fourth-order valence-corrected chi connectivity index (χ4v) is 2.71. The number of nitrogens with zero attached hydrogens (tertiary/aromatic N) is 2. The van der Waals surface area contributed by atoms with E-state index in [-0.39, 0.29) is 0 Å². The number of hydrogen-bond donors (Lipinski definition) is 1. The molecule has 0 amide bonds. The summed E-state index contributed by atoms with van der Waals surface area (Å²) in [5.41, 5.74) is 7.85. The Bertz CT molecular complexity index is 713. The molecule has 2 aromatic heterocycles. The minimum Gasteiger partial charge on any atom is -0.431 e. The van der Waals surface area contributed by atoms with Crippen LogP contribution in [0.4, 0.5) is 5.69 Å². The molecule has 0 bridgehead atoms. The van der Waals surface area contributed by atoms with Crippen molar-refractivity contribution in [1.29, 1.82) is 0 Å². The van der Waals surface area contributed by atoms with Crippen LogP contribution >= 0.6 is 27.7 Å². The summed E-state index contributed by atoms with van der Waals surface area (Å²) in [5.74, 6) is 0. The average molecular weight is 322 g/mol. The SMILES string of the molecule is Nc1ccc2oc(Sc3ncccc3Br)nc2c1. The first-order chi connectivity index (χ1) is 8.72. The van der Waals surface area contributed by atoms with E-state index in [9.17, 15) is 0 Å². The van der Waals surface area contributed by atoms with Crippen LogP contribution in [0.15, 0.2) is 55.7 Å². The molecule has 0 aliphatic carbocycles. The summed E-state index contributed by atoms with van der Waals surface area (Å²) >= 11 is 4.81. The quantitative estimate of drug-likeness (QED) is 0.729. The van der Waals surface area contributed by atoms with Gasteiger partial charge in [0.15, 0.2) is 5.58 Å². The molecule has 4 nitrogen and oxygen atoms in total. The van der Waals surface area contributed by atoms with Crippen molar-refractivity contribution in [3.05, 3.63) is 41.0 Å². The Morgan fingerprint density at radius 1 is 1.28 bits per heavy atom. The highest BCUT2D eigenvalue weighted by molar-refractivity contribution is 9.10. The first-order valence-electron chi connectivity index (χ1n) is 5.17. The summed E-state index contributed by atoms with van der Waals surface area (Å²) < 4.78 is 6.53. The standard InChI is InChI=1S/C12H8BrN3OS/c13-8-2-1-5-15-11(8)18-12-16-9-6-7(14)3-4-10(9)17-12/h1-6H,14H2. The molecule has 18 heavy (non-hydrogen) atoms. The van der Waals surface area contributed by atoms with Gasteiger partial charge in [-0.05, 0) is 58.0 Å². The lowest BCUT2D eigenvalue weighted by Gasteiger charge is -1.97. The van der Waals surface area contributed by atoms with Crippen LogP contribution in [0.1, 0.15) is 0 Å². The van der Waals surface area contributed by atoms with E-state index in [4.69, 9.17) is 10.2 Å². The fraction of sp³-hybridized carbons (Fsp3) is 0. The molecule has 1 aromatic carbocycles. The Kier molecular flexibility index (Phi) is 2.97. The highest BCUT2D eigenvalue weighted by atomic mass is 79.9. The lowest BCUT2D eigenvalue weighted by molar-refractivity contribution is 0.489. The first kappa shape index (κ1) is 11.6. The normalized spacial score (nSPS) is 10.9. The second-order valence-electron chi connectivity index (χ2n) is 3.60. The predicted molar refractivity (Wildman–Crippen MR) is 74.5 cm³/mol. The number of pyridine rings is 1. The molecule has 0 fully saturated rings. The predicted octanol–water partition coefficient (Wildman–Crippen LogP) is 3.72. The van der Waals surface area contributed by atoms with Gasteiger partial charge in [-0.15, -0.1) is 0 Å². The Labute approximate surface area is 116 Å². The topological polar surface area (TPSA) is 64.9 Å². The number of anilines is 1. The van der Waals surface area contributed by atoms with Crippen molar-refractivity contribution in [3.8, 4) is 0 Å². The van der Waals surface area contributed by atoms with E-state index in [1.54, 1.807) is 18.3 Å². The second kappa shape index (κ2) is 4.62. The molecule has 3 aromatic rings. The van der Waals surface area contributed by atoms with Gasteiger partial charge in [0.05, 0.1) is 4.47 Å². The van der Waals surface area contributed by atoms with E-state index < -0.39 is 0 Å². The van der Waals surface area contributed by atoms with Gasteiger partial charge in [0.2, 0.25) is 0 Å². The summed E-state index contributed by atoms with van der Waals surface area (Å²) in [6, 6.07) is 9.18. The van der Waals surface area contributed by atoms with Crippen LogP contribution in [0.2, 0.25) is 0 Å². The molecule has 0 radical (unpaired) electrons. The minimum atomic E-state index is 0.551. The zero-order chi connectivity index (χ0) is 12.5. The van der Waals surface area contributed by atoms with Crippen molar-refractivity contribution in [2.75, 3.05) is 5.73 Å². The van der Waals surface area contributed by atoms with Gasteiger partial charge in [0.1, 0.15) is 10.5 Å². The Balaban J connectivity index is 1.98. The fourth-order valence-electron chi connectivity index (χ4n) is 1.50. The van der Waals surface area contributed by atoms with E-state index in [1.807, 2.05) is 18.2 Å². The Morgan fingerprint density at radius 3 is 3.00 bits per heavy atom. The molecule has 0 saturated carbocycles. The van der Waals surface area contributed by atoms with Gasteiger partial charge in [0, 0.05) is 11.9 Å².